The lowest BCUT2D eigenvalue weighted by atomic mass is 9.99. The van der Waals surface area contributed by atoms with Gasteiger partial charge in [0.15, 0.2) is 5.82 Å². The molecule has 1 aromatic heterocycles. The Kier molecular flexibility index (Phi) is 5.72. The van der Waals surface area contributed by atoms with Gasteiger partial charge in [0.05, 0.1) is 18.9 Å². The first-order valence-electron chi connectivity index (χ1n) is 7.87. The lowest BCUT2D eigenvalue weighted by molar-refractivity contribution is 0.0578. The topological polar surface area (TPSA) is 31.4 Å². The summed E-state index contributed by atoms with van der Waals surface area (Å²) in [6, 6.07) is 10.5. The standard InChI is InChI=1S/C19H24FNO2/c1-5-14-6-9-16(10-7-14)23-18-17(20)11-8-15(21-18)12-22-13-19(2,3)4/h6-11H,5,12-13H2,1-4H3. The number of aromatic nitrogens is 1. The van der Waals surface area contributed by atoms with E-state index in [9.17, 15) is 4.39 Å². The normalized spacial score (nSPS) is 11.5. The van der Waals surface area contributed by atoms with E-state index in [1.807, 2.05) is 24.3 Å². The molecule has 0 atom stereocenters. The van der Waals surface area contributed by atoms with Crippen molar-refractivity contribution in [1.29, 1.82) is 0 Å². The maximum atomic E-state index is 13.9. The first-order chi connectivity index (χ1) is 10.9. The highest BCUT2D eigenvalue weighted by Gasteiger charge is 2.12. The van der Waals surface area contributed by atoms with Gasteiger partial charge in [0, 0.05) is 0 Å². The van der Waals surface area contributed by atoms with Gasteiger partial charge in [-0.1, -0.05) is 39.8 Å². The Labute approximate surface area is 137 Å². The molecule has 1 aromatic carbocycles. The molecule has 0 aliphatic heterocycles. The van der Waals surface area contributed by atoms with Crippen molar-refractivity contribution >= 4 is 0 Å². The third kappa shape index (κ3) is 5.64. The number of pyridine rings is 1. The maximum Gasteiger partial charge on any atom is 0.256 e. The minimum atomic E-state index is -0.482. The van der Waals surface area contributed by atoms with Crippen LogP contribution in [0, 0.1) is 11.2 Å². The molecule has 23 heavy (non-hydrogen) atoms. The van der Waals surface area contributed by atoms with E-state index >= 15 is 0 Å². The summed E-state index contributed by atoms with van der Waals surface area (Å²) >= 11 is 0. The van der Waals surface area contributed by atoms with Crippen LogP contribution in [-0.4, -0.2) is 11.6 Å². The molecular weight excluding hydrogens is 293 g/mol. The SMILES string of the molecule is CCc1ccc(Oc2nc(COCC(C)(C)C)ccc2F)cc1. The summed E-state index contributed by atoms with van der Waals surface area (Å²) in [5.74, 6) is 0.0663. The molecule has 2 aromatic rings. The molecule has 124 valence electrons. The molecule has 0 aliphatic carbocycles. The Balaban J connectivity index is 2.04. The monoisotopic (exact) mass is 317 g/mol. The summed E-state index contributed by atoms with van der Waals surface area (Å²) in [4.78, 5) is 4.21. The number of rotatable bonds is 6. The summed E-state index contributed by atoms with van der Waals surface area (Å²) < 4.78 is 25.1. The van der Waals surface area contributed by atoms with Gasteiger partial charge in [-0.05, 0) is 41.7 Å². The van der Waals surface area contributed by atoms with E-state index in [0.29, 0.717) is 24.7 Å². The minimum Gasteiger partial charge on any atom is -0.436 e. The van der Waals surface area contributed by atoms with Gasteiger partial charge >= 0.3 is 0 Å². The van der Waals surface area contributed by atoms with Crippen LogP contribution in [0.5, 0.6) is 11.6 Å². The number of halogens is 1. The van der Waals surface area contributed by atoms with E-state index in [4.69, 9.17) is 9.47 Å². The van der Waals surface area contributed by atoms with Gasteiger partial charge in [0.25, 0.3) is 5.88 Å². The average Bonchev–Trinajstić information content (AvgIpc) is 2.50. The summed E-state index contributed by atoms with van der Waals surface area (Å²) in [5.41, 5.74) is 1.94. The Morgan fingerprint density at radius 2 is 1.74 bits per heavy atom. The van der Waals surface area contributed by atoms with Crippen LogP contribution < -0.4 is 4.74 Å². The molecule has 0 radical (unpaired) electrons. The van der Waals surface area contributed by atoms with E-state index < -0.39 is 5.82 Å². The van der Waals surface area contributed by atoms with E-state index in [1.165, 1.54) is 11.6 Å². The predicted molar refractivity (Wildman–Crippen MR) is 89.2 cm³/mol. The molecule has 0 spiro atoms. The second-order valence-corrected chi connectivity index (χ2v) is 6.74. The Bertz CT molecular complexity index is 633. The largest absolute Gasteiger partial charge is 0.436 e. The van der Waals surface area contributed by atoms with Gasteiger partial charge in [0.1, 0.15) is 5.75 Å². The van der Waals surface area contributed by atoms with Crippen molar-refractivity contribution in [2.24, 2.45) is 5.41 Å². The van der Waals surface area contributed by atoms with Crippen molar-refractivity contribution in [3.63, 3.8) is 0 Å². The molecule has 0 saturated heterocycles. The minimum absolute atomic E-state index is 0.0221. The summed E-state index contributed by atoms with van der Waals surface area (Å²) in [7, 11) is 0. The molecule has 3 nitrogen and oxygen atoms in total. The number of hydrogen-bond acceptors (Lipinski definition) is 3. The maximum absolute atomic E-state index is 13.9. The molecule has 1 heterocycles. The third-order valence-electron chi connectivity index (χ3n) is 3.20. The summed E-state index contributed by atoms with van der Waals surface area (Å²) in [6.45, 7) is 9.32. The van der Waals surface area contributed by atoms with Crippen LogP contribution in [0.15, 0.2) is 36.4 Å². The number of nitrogens with zero attached hydrogens (tertiary/aromatic N) is 1. The van der Waals surface area contributed by atoms with Crippen LogP contribution in [-0.2, 0) is 17.8 Å². The van der Waals surface area contributed by atoms with Crippen molar-refractivity contribution in [3.8, 4) is 11.6 Å². The van der Waals surface area contributed by atoms with E-state index in [2.05, 4.69) is 32.7 Å². The zero-order chi connectivity index (χ0) is 16.9. The van der Waals surface area contributed by atoms with Gasteiger partial charge in [-0.25, -0.2) is 9.37 Å². The molecule has 0 unspecified atom stereocenters. The van der Waals surface area contributed by atoms with E-state index in [1.54, 1.807) is 6.07 Å². The first kappa shape index (κ1) is 17.4. The third-order valence-corrected chi connectivity index (χ3v) is 3.20. The van der Waals surface area contributed by atoms with Gasteiger partial charge in [-0.15, -0.1) is 0 Å². The highest BCUT2D eigenvalue weighted by molar-refractivity contribution is 5.31. The van der Waals surface area contributed by atoms with Crippen molar-refractivity contribution in [3.05, 3.63) is 53.5 Å². The summed E-state index contributed by atoms with van der Waals surface area (Å²) in [5, 5.41) is 0. The van der Waals surface area contributed by atoms with Crippen LogP contribution >= 0.6 is 0 Å². The van der Waals surface area contributed by atoms with Crippen LogP contribution in [0.3, 0.4) is 0 Å². The summed E-state index contributed by atoms with van der Waals surface area (Å²) in [6.07, 6.45) is 0.952. The number of aryl methyl sites for hydroxylation is 1. The molecule has 4 heteroatoms. The number of hydrogen-bond donors (Lipinski definition) is 0. The highest BCUT2D eigenvalue weighted by atomic mass is 19.1. The molecular formula is C19H24FNO2. The number of benzene rings is 1. The fourth-order valence-corrected chi connectivity index (χ4v) is 1.98. The van der Waals surface area contributed by atoms with Crippen molar-refractivity contribution < 1.29 is 13.9 Å². The lowest BCUT2D eigenvalue weighted by Gasteiger charge is -2.17. The molecule has 0 amide bonds. The van der Waals surface area contributed by atoms with Crippen molar-refractivity contribution in [1.82, 2.24) is 4.98 Å². The zero-order valence-electron chi connectivity index (χ0n) is 14.2. The highest BCUT2D eigenvalue weighted by Crippen LogP contribution is 2.23. The molecule has 0 fully saturated rings. The quantitative estimate of drug-likeness (QED) is 0.739. The molecule has 0 bridgehead atoms. The molecule has 0 N–H and O–H groups in total. The molecule has 2 rings (SSSR count). The second-order valence-electron chi connectivity index (χ2n) is 6.74. The Morgan fingerprint density at radius 3 is 2.35 bits per heavy atom. The second kappa shape index (κ2) is 7.55. The fraction of sp³-hybridized carbons (Fsp3) is 0.421. The lowest BCUT2D eigenvalue weighted by Crippen LogP contribution is -2.14. The van der Waals surface area contributed by atoms with Crippen LogP contribution in [0.1, 0.15) is 39.0 Å². The van der Waals surface area contributed by atoms with Gasteiger partial charge in [0.2, 0.25) is 0 Å². The van der Waals surface area contributed by atoms with Gasteiger partial charge < -0.3 is 9.47 Å². The van der Waals surface area contributed by atoms with E-state index in [-0.39, 0.29) is 11.3 Å². The van der Waals surface area contributed by atoms with Gasteiger partial charge in [-0.2, -0.15) is 0 Å². The van der Waals surface area contributed by atoms with Crippen LogP contribution in [0.25, 0.3) is 0 Å². The zero-order valence-corrected chi connectivity index (χ0v) is 14.2. The number of ether oxygens (including phenoxy) is 2. The fourth-order valence-electron chi connectivity index (χ4n) is 1.98. The molecule has 0 aliphatic rings. The van der Waals surface area contributed by atoms with Crippen molar-refractivity contribution in [2.45, 2.75) is 40.7 Å². The van der Waals surface area contributed by atoms with Gasteiger partial charge in [-0.3, -0.25) is 0 Å². The van der Waals surface area contributed by atoms with Crippen molar-refractivity contribution in [2.75, 3.05) is 6.61 Å². The first-order valence-corrected chi connectivity index (χ1v) is 7.87. The Hall–Kier alpha value is -1.94. The predicted octanol–water partition coefficient (Wildman–Crippen LogP) is 5.14. The molecule has 0 saturated carbocycles. The Morgan fingerprint density at radius 1 is 1.04 bits per heavy atom. The van der Waals surface area contributed by atoms with Crippen LogP contribution in [0.2, 0.25) is 0 Å². The van der Waals surface area contributed by atoms with E-state index in [0.717, 1.165) is 6.42 Å². The average molecular weight is 317 g/mol. The van der Waals surface area contributed by atoms with Crippen LogP contribution in [0.4, 0.5) is 4.39 Å². The smallest absolute Gasteiger partial charge is 0.256 e.